The largest absolute Gasteiger partial charge is 0.443 e. The molecule has 25 heavy (non-hydrogen) atoms. The van der Waals surface area contributed by atoms with Crippen LogP contribution in [-0.2, 0) is 22.3 Å². The van der Waals surface area contributed by atoms with Crippen LogP contribution in [0.3, 0.4) is 0 Å². The second-order valence-electron chi connectivity index (χ2n) is 9.26. The zero-order valence-electron chi connectivity index (χ0n) is 17.0. The predicted octanol–water partition coefficient (Wildman–Crippen LogP) is 4.55. The fourth-order valence-corrected chi connectivity index (χ4v) is 3.31. The molecule has 0 unspecified atom stereocenters. The van der Waals surface area contributed by atoms with Crippen molar-refractivity contribution < 1.29 is 14.0 Å². The van der Waals surface area contributed by atoms with E-state index in [0.717, 1.165) is 18.7 Å². The molecule has 0 aromatic carbocycles. The molecule has 2 heterocycles. The van der Waals surface area contributed by atoms with Gasteiger partial charge in [0.2, 0.25) is 5.95 Å². The molecule has 1 amide bonds. The van der Waals surface area contributed by atoms with Gasteiger partial charge in [-0.25, -0.2) is 14.7 Å². The summed E-state index contributed by atoms with van der Waals surface area (Å²) in [4.78, 5) is 18.7. The molecule has 0 fully saturated rings. The average molecular weight is 368 g/mol. The predicted molar refractivity (Wildman–Crippen MR) is 102 cm³/mol. The van der Waals surface area contributed by atoms with Crippen LogP contribution in [0.25, 0.3) is 0 Å². The van der Waals surface area contributed by atoms with Crippen LogP contribution in [0.1, 0.15) is 53.7 Å². The summed E-state index contributed by atoms with van der Waals surface area (Å²) in [5, 5.41) is 0.162. The van der Waals surface area contributed by atoms with E-state index in [1.165, 1.54) is 0 Å². The van der Waals surface area contributed by atoms with Gasteiger partial charge < -0.3 is 13.7 Å². The highest BCUT2D eigenvalue weighted by Gasteiger charge is 2.37. The molecular formula is C18H33N3O3Si. The molecule has 0 atom stereocenters. The Morgan fingerprint density at radius 3 is 2.40 bits per heavy atom. The van der Waals surface area contributed by atoms with Crippen LogP contribution >= 0.6 is 0 Å². The van der Waals surface area contributed by atoms with Crippen molar-refractivity contribution in [2.45, 2.75) is 84.8 Å². The number of hydrogen-bond donors (Lipinski definition) is 0. The van der Waals surface area contributed by atoms with Crippen LogP contribution in [0, 0.1) is 0 Å². The molecule has 1 aliphatic heterocycles. The Balaban J connectivity index is 2.13. The van der Waals surface area contributed by atoms with Crippen LogP contribution in [0.5, 0.6) is 0 Å². The highest BCUT2D eigenvalue weighted by atomic mass is 28.4. The van der Waals surface area contributed by atoms with E-state index in [4.69, 9.17) is 9.16 Å². The smallest absolute Gasteiger partial charge is 0.417 e. The van der Waals surface area contributed by atoms with Crippen LogP contribution in [0.4, 0.5) is 10.7 Å². The van der Waals surface area contributed by atoms with E-state index in [2.05, 4.69) is 38.8 Å². The lowest BCUT2D eigenvalue weighted by Gasteiger charge is -2.35. The standard InChI is InChI=1S/C18H33N3O3Si/c1-17(2,3)24-16(22)21-11-9-10-20-12-14(19-15(20)21)13-23-25(7,8)18(4,5)6/h12H,9-11,13H2,1-8H3. The van der Waals surface area contributed by atoms with Gasteiger partial charge >= 0.3 is 6.09 Å². The summed E-state index contributed by atoms with van der Waals surface area (Å²) < 4.78 is 13.8. The number of amides is 1. The molecule has 1 aromatic rings. The molecule has 142 valence electrons. The first-order valence-corrected chi connectivity index (χ1v) is 11.9. The molecule has 0 saturated carbocycles. The SMILES string of the molecule is CC(C)(C)OC(=O)N1CCCn2cc(CO[Si](C)(C)C(C)(C)C)nc21. The minimum Gasteiger partial charge on any atom is -0.443 e. The summed E-state index contributed by atoms with van der Waals surface area (Å²) in [5.74, 6) is 0.661. The van der Waals surface area contributed by atoms with Gasteiger partial charge in [0, 0.05) is 19.3 Å². The summed E-state index contributed by atoms with van der Waals surface area (Å²) in [6.07, 6.45) is 2.56. The lowest BCUT2D eigenvalue weighted by Crippen LogP contribution is -2.41. The molecule has 0 saturated heterocycles. The Morgan fingerprint density at radius 1 is 1.20 bits per heavy atom. The normalized spacial score (nSPS) is 15.9. The number of nitrogens with zero attached hydrogens (tertiary/aromatic N) is 3. The van der Waals surface area contributed by atoms with Crippen molar-refractivity contribution in [3.8, 4) is 0 Å². The van der Waals surface area contributed by atoms with Gasteiger partial charge in [-0.3, -0.25) is 0 Å². The zero-order chi connectivity index (χ0) is 19.0. The van der Waals surface area contributed by atoms with E-state index < -0.39 is 13.9 Å². The maximum Gasteiger partial charge on any atom is 0.417 e. The minimum absolute atomic E-state index is 0.162. The third kappa shape index (κ3) is 4.85. The van der Waals surface area contributed by atoms with Gasteiger partial charge in [-0.15, -0.1) is 0 Å². The van der Waals surface area contributed by atoms with Crippen LogP contribution in [0.2, 0.25) is 18.1 Å². The van der Waals surface area contributed by atoms with E-state index in [1.807, 2.05) is 31.5 Å². The highest BCUT2D eigenvalue weighted by molar-refractivity contribution is 6.74. The number of fused-ring (bicyclic) bond motifs is 1. The molecule has 7 heteroatoms. The molecule has 1 aromatic heterocycles. The maximum absolute atomic E-state index is 12.5. The number of rotatable bonds is 3. The number of carbonyl (C=O) groups excluding carboxylic acids is 1. The molecule has 0 radical (unpaired) electrons. The first-order chi connectivity index (χ1) is 11.3. The summed E-state index contributed by atoms with van der Waals surface area (Å²) in [6.45, 7) is 18.7. The van der Waals surface area contributed by atoms with Gasteiger partial charge in [-0.2, -0.15) is 0 Å². The van der Waals surface area contributed by atoms with Gasteiger partial charge in [0.25, 0.3) is 0 Å². The fraction of sp³-hybridized carbons (Fsp3) is 0.778. The zero-order valence-corrected chi connectivity index (χ0v) is 18.0. The molecular weight excluding hydrogens is 334 g/mol. The van der Waals surface area contributed by atoms with Crippen molar-refractivity contribution in [3.05, 3.63) is 11.9 Å². The quantitative estimate of drug-likeness (QED) is 0.735. The number of carbonyl (C=O) groups is 1. The van der Waals surface area contributed by atoms with Gasteiger partial charge in [0.15, 0.2) is 8.32 Å². The number of hydrogen-bond acceptors (Lipinski definition) is 4. The third-order valence-corrected chi connectivity index (χ3v) is 9.31. The third-order valence-electron chi connectivity index (χ3n) is 4.83. The van der Waals surface area contributed by atoms with Crippen molar-refractivity contribution in [2.75, 3.05) is 11.4 Å². The van der Waals surface area contributed by atoms with Crippen molar-refractivity contribution in [1.82, 2.24) is 9.55 Å². The van der Waals surface area contributed by atoms with Crippen LogP contribution < -0.4 is 4.90 Å². The van der Waals surface area contributed by atoms with Crippen molar-refractivity contribution in [1.29, 1.82) is 0 Å². The van der Waals surface area contributed by atoms with Gasteiger partial charge in [0.1, 0.15) is 5.60 Å². The first kappa shape index (κ1) is 20.0. The van der Waals surface area contributed by atoms with Gasteiger partial charge in [-0.05, 0) is 45.3 Å². The van der Waals surface area contributed by atoms with Gasteiger partial charge in [0.05, 0.1) is 12.3 Å². The Morgan fingerprint density at radius 2 is 1.84 bits per heavy atom. The molecule has 0 N–H and O–H groups in total. The molecule has 6 nitrogen and oxygen atoms in total. The van der Waals surface area contributed by atoms with Crippen molar-refractivity contribution >= 4 is 20.4 Å². The lowest BCUT2D eigenvalue weighted by atomic mass is 10.2. The van der Waals surface area contributed by atoms with Crippen LogP contribution in [-0.4, -0.2) is 36.1 Å². The van der Waals surface area contributed by atoms with E-state index >= 15 is 0 Å². The molecule has 0 spiro atoms. The van der Waals surface area contributed by atoms with E-state index in [0.29, 0.717) is 19.1 Å². The number of imidazole rings is 1. The first-order valence-electron chi connectivity index (χ1n) is 9.01. The number of aryl methyl sites for hydroxylation is 1. The van der Waals surface area contributed by atoms with Crippen molar-refractivity contribution in [3.63, 3.8) is 0 Å². The topological polar surface area (TPSA) is 56.6 Å². The average Bonchev–Trinajstić information content (AvgIpc) is 2.84. The molecule has 1 aliphatic rings. The van der Waals surface area contributed by atoms with Gasteiger partial charge in [-0.1, -0.05) is 20.8 Å². The molecule has 0 aliphatic carbocycles. The van der Waals surface area contributed by atoms with E-state index in [-0.39, 0.29) is 11.1 Å². The Bertz CT molecular complexity index is 626. The second-order valence-corrected chi connectivity index (χ2v) is 14.1. The van der Waals surface area contributed by atoms with Crippen LogP contribution in [0.15, 0.2) is 6.20 Å². The summed E-state index contributed by atoms with van der Waals surface area (Å²) in [5.41, 5.74) is 0.357. The molecule has 2 rings (SSSR count). The number of aromatic nitrogens is 2. The summed E-state index contributed by atoms with van der Waals surface area (Å²) >= 11 is 0. The Kier molecular flexibility index (Phi) is 5.40. The lowest BCUT2D eigenvalue weighted by molar-refractivity contribution is 0.0572. The maximum atomic E-state index is 12.5. The fourth-order valence-electron chi connectivity index (χ4n) is 2.37. The number of ether oxygens (including phenoxy) is 1. The minimum atomic E-state index is -1.83. The molecule has 0 bridgehead atoms. The van der Waals surface area contributed by atoms with E-state index in [9.17, 15) is 4.79 Å². The summed E-state index contributed by atoms with van der Waals surface area (Å²) in [6, 6.07) is 0. The monoisotopic (exact) mass is 367 g/mol. The summed E-state index contributed by atoms with van der Waals surface area (Å²) in [7, 11) is -1.83. The highest BCUT2D eigenvalue weighted by Crippen LogP contribution is 2.37. The number of anilines is 1. The Hall–Kier alpha value is -1.34. The van der Waals surface area contributed by atoms with E-state index in [1.54, 1.807) is 4.90 Å². The second kappa shape index (κ2) is 6.76. The Labute approximate surface area is 152 Å². The van der Waals surface area contributed by atoms with Crippen molar-refractivity contribution in [2.24, 2.45) is 0 Å².